The van der Waals surface area contributed by atoms with E-state index in [-0.39, 0.29) is 24.4 Å². The van der Waals surface area contributed by atoms with Gasteiger partial charge in [-0.2, -0.15) is 0 Å². The molecule has 33 heavy (non-hydrogen) atoms. The van der Waals surface area contributed by atoms with Gasteiger partial charge in [-0.3, -0.25) is 9.59 Å². The summed E-state index contributed by atoms with van der Waals surface area (Å²) in [6.07, 6.45) is 5.38. The Balaban J connectivity index is 2.29. The lowest BCUT2D eigenvalue weighted by Crippen LogP contribution is -2.50. The predicted molar refractivity (Wildman–Crippen MR) is 130 cm³/mol. The molecule has 184 valence electrons. The second kappa shape index (κ2) is 12.1. The maximum Gasteiger partial charge on any atom is 0.408 e. The van der Waals surface area contributed by atoms with Crippen molar-refractivity contribution in [3.63, 3.8) is 0 Å². The molecule has 0 bridgehead atoms. The van der Waals surface area contributed by atoms with Crippen LogP contribution in [-0.4, -0.2) is 47.5 Å². The fraction of sp³-hybridized carbons (Fsp3) is 0.654. The standard InChI is InChI=1S/C26H41N3O4/c1-7-16-29(22(30)17-27-25(32)33-26(4,5)6)23(21-15-11-12-18(2)19(21)3)24(31)28-20-13-9-8-10-14-20/h11-12,15,20,23H,7-10,13-14,16-17H2,1-6H3,(H,27,32)(H,28,31). The summed E-state index contributed by atoms with van der Waals surface area (Å²) in [5.74, 6) is -0.470. The lowest BCUT2D eigenvalue weighted by molar-refractivity contribution is -0.140. The number of carbonyl (C=O) groups excluding carboxylic acids is 3. The molecular formula is C26H41N3O4. The summed E-state index contributed by atoms with van der Waals surface area (Å²) in [6, 6.07) is 5.24. The molecule has 1 aliphatic rings. The molecule has 1 saturated carbocycles. The van der Waals surface area contributed by atoms with Gasteiger partial charge in [-0.05, 0) is 70.6 Å². The zero-order chi connectivity index (χ0) is 24.6. The number of ether oxygens (including phenoxy) is 1. The minimum Gasteiger partial charge on any atom is -0.444 e. The Bertz CT molecular complexity index is 825. The Labute approximate surface area is 198 Å². The van der Waals surface area contributed by atoms with Crippen LogP contribution in [0.4, 0.5) is 4.79 Å². The summed E-state index contributed by atoms with van der Waals surface area (Å²) >= 11 is 0. The molecule has 0 aromatic heterocycles. The summed E-state index contributed by atoms with van der Waals surface area (Å²) in [7, 11) is 0. The summed E-state index contributed by atoms with van der Waals surface area (Å²) in [6.45, 7) is 11.4. The first-order valence-corrected chi connectivity index (χ1v) is 12.2. The summed E-state index contributed by atoms with van der Waals surface area (Å²) in [5.41, 5.74) is 2.23. The topological polar surface area (TPSA) is 87.7 Å². The minimum absolute atomic E-state index is 0.136. The third-order valence-corrected chi connectivity index (χ3v) is 6.02. The van der Waals surface area contributed by atoms with Gasteiger partial charge in [0.2, 0.25) is 11.8 Å². The monoisotopic (exact) mass is 459 g/mol. The first-order valence-electron chi connectivity index (χ1n) is 12.2. The number of aryl methyl sites for hydroxylation is 1. The first kappa shape index (κ1) is 26.7. The van der Waals surface area contributed by atoms with Crippen molar-refractivity contribution in [2.45, 2.75) is 97.8 Å². The molecule has 0 spiro atoms. The largest absolute Gasteiger partial charge is 0.444 e. The molecule has 1 aliphatic carbocycles. The van der Waals surface area contributed by atoms with E-state index in [1.54, 1.807) is 25.7 Å². The highest BCUT2D eigenvalue weighted by atomic mass is 16.6. The molecule has 0 heterocycles. The molecule has 2 N–H and O–H groups in total. The fourth-order valence-corrected chi connectivity index (χ4v) is 4.25. The van der Waals surface area contributed by atoms with Crippen LogP contribution in [0.25, 0.3) is 0 Å². The van der Waals surface area contributed by atoms with E-state index in [0.29, 0.717) is 13.0 Å². The Morgan fingerprint density at radius 3 is 2.39 bits per heavy atom. The highest BCUT2D eigenvalue weighted by Crippen LogP contribution is 2.28. The van der Waals surface area contributed by atoms with Gasteiger partial charge in [0, 0.05) is 12.6 Å². The number of carbonyl (C=O) groups is 3. The van der Waals surface area contributed by atoms with Gasteiger partial charge in [-0.25, -0.2) is 4.79 Å². The van der Waals surface area contributed by atoms with E-state index >= 15 is 0 Å². The van der Waals surface area contributed by atoms with Crippen molar-refractivity contribution in [2.24, 2.45) is 0 Å². The SMILES string of the molecule is CCCN(C(=O)CNC(=O)OC(C)(C)C)C(C(=O)NC1CCCCC1)c1cccc(C)c1C. The zero-order valence-electron chi connectivity index (χ0n) is 21.1. The molecule has 1 atom stereocenters. The van der Waals surface area contributed by atoms with Crippen LogP contribution in [0.5, 0.6) is 0 Å². The van der Waals surface area contributed by atoms with E-state index in [2.05, 4.69) is 10.6 Å². The normalized spacial score (nSPS) is 15.5. The number of rotatable bonds is 8. The van der Waals surface area contributed by atoms with Crippen molar-refractivity contribution in [3.8, 4) is 0 Å². The first-order chi connectivity index (χ1) is 15.5. The van der Waals surface area contributed by atoms with Crippen LogP contribution in [0.15, 0.2) is 18.2 Å². The third-order valence-electron chi connectivity index (χ3n) is 6.02. The maximum atomic E-state index is 13.6. The number of nitrogens with one attached hydrogen (secondary N) is 2. The molecule has 0 radical (unpaired) electrons. The number of alkyl carbamates (subject to hydrolysis) is 1. The van der Waals surface area contributed by atoms with E-state index in [4.69, 9.17) is 4.74 Å². The Morgan fingerprint density at radius 2 is 1.79 bits per heavy atom. The minimum atomic E-state index is -0.750. The molecule has 7 nitrogen and oxygen atoms in total. The predicted octanol–water partition coefficient (Wildman–Crippen LogP) is 4.56. The van der Waals surface area contributed by atoms with Crippen LogP contribution >= 0.6 is 0 Å². The quantitative estimate of drug-likeness (QED) is 0.597. The van der Waals surface area contributed by atoms with Gasteiger partial charge in [0.1, 0.15) is 18.2 Å². The lowest BCUT2D eigenvalue weighted by atomic mass is 9.93. The van der Waals surface area contributed by atoms with Crippen molar-refractivity contribution in [3.05, 3.63) is 34.9 Å². The van der Waals surface area contributed by atoms with Gasteiger partial charge < -0.3 is 20.3 Å². The summed E-state index contributed by atoms with van der Waals surface area (Å²) in [4.78, 5) is 40.6. The van der Waals surface area contributed by atoms with E-state index in [1.165, 1.54) is 6.42 Å². The van der Waals surface area contributed by atoms with Gasteiger partial charge in [0.25, 0.3) is 0 Å². The van der Waals surface area contributed by atoms with E-state index in [0.717, 1.165) is 42.4 Å². The molecule has 1 fully saturated rings. The summed E-state index contributed by atoms with van der Waals surface area (Å²) in [5, 5.41) is 5.76. The fourth-order valence-electron chi connectivity index (χ4n) is 4.25. The average Bonchev–Trinajstić information content (AvgIpc) is 2.74. The molecule has 1 aromatic rings. The van der Waals surface area contributed by atoms with E-state index in [9.17, 15) is 14.4 Å². The smallest absolute Gasteiger partial charge is 0.408 e. The number of nitrogens with zero attached hydrogens (tertiary/aromatic N) is 1. The molecule has 3 amide bonds. The summed E-state index contributed by atoms with van der Waals surface area (Å²) < 4.78 is 5.26. The molecular weight excluding hydrogens is 418 g/mol. The van der Waals surface area contributed by atoms with Crippen LogP contribution in [-0.2, 0) is 14.3 Å². The van der Waals surface area contributed by atoms with Crippen LogP contribution < -0.4 is 10.6 Å². The molecule has 0 saturated heterocycles. The third kappa shape index (κ3) is 8.06. The van der Waals surface area contributed by atoms with Gasteiger partial charge >= 0.3 is 6.09 Å². The van der Waals surface area contributed by atoms with Crippen molar-refractivity contribution in [2.75, 3.05) is 13.1 Å². The van der Waals surface area contributed by atoms with Crippen molar-refractivity contribution >= 4 is 17.9 Å². The van der Waals surface area contributed by atoms with Crippen molar-refractivity contribution < 1.29 is 19.1 Å². The maximum absolute atomic E-state index is 13.6. The number of benzene rings is 1. The van der Waals surface area contributed by atoms with E-state index in [1.807, 2.05) is 39.0 Å². The van der Waals surface area contributed by atoms with Crippen LogP contribution in [0.3, 0.4) is 0 Å². The van der Waals surface area contributed by atoms with Crippen molar-refractivity contribution in [1.29, 1.82) is 0 Å². The van der Waals surface area contributed by atoms with Crippen LogP contribution in [0.2, 0.25) is 0 Å². The number of hydrogen-bond donors (Lipinski definition) is 2. The molecule has 2 rings (SSSR count). The van der Waals surface area contributed by atoms with Crippen LogP contribution in [0.1, 0.15) is 89.0 Å². The molecule has 0 aliphatic heterocycles. The van der Waals surface area contributed by atoms with Gasteiger partial charge in [0.15, 0.2) is 0 Å². The Hall–Kier alpha value is -2.57. The highest BCUT2D eigenvalue weighted by molar-refractivity contribution is 5.91. The Morgan fingerprint density at radius 1 is 1.12 bits per heavy atom. The number of hydrogen-bond acceptors (Lipinski definition) is 4. The second-order valence-corrected chi connectivity index (χ2v) is 9.98. The Kier molecular flexibility index (Phi) is 9.74. The van der Waals surface area contributed by atoms with Crippen LogP contribution in [0, 0.1) is 13.8 Å². The molecule has 1 unspecified atom stereocenters. The second-order valence-electron chi connectivity index (χ2n) is 9.98. The zero-order valence-corrected chi connectivity index (χ0v) is 21.1. The van der Waals surface area contributed by atoms with E-state index < -0.39 is 17.7 Å². The molecule has 7 heteroatoms. The van der Waals surface area contributed by atoms with Gasteiger partial charge in [0.05, 0.1) is 0 Å². The lowest BCUT2D eigenvalue weighted by Gasteiger charge is -2.34. The highest BCUT2D eigenvalue weighted by Gasteiger charge is 2.33. The van der Waals surface area contributed by atoms with Gasteiger partial charge in [-0.1, -0.05) is 44.4 Å². The molecule has 1 aromatic carbocycles. The van der Waals surface area contributed by atoms with Gasteiger partial charge in [-0.15, -0.1) is 0 Å². The number of amides is 3. The van der Waals surface area contributed by atoms with Crippen molar-refractivity contribution in [1.82, 2.24) is 15.5 Å². The average molecular weight is 460 g/mol.